The Balaban J connectivity index is 1.76. The number of carbonyl (C=O) groups is 1. The van der Waals surface area contributed by atoms with E-state index < -0.39 is 27.4 Å². The number of rotatable bonds is 6. The van der Waals surface area contributed by atoms with Crippen LogP contribution in [-0.4, -0.2) is 37.1 Å². The SMILES string of the molecule is Cc1ccc(NC(=O)CN(C)S(=O)(=O)c2ccc3ccccc3c2)cc1[N+](=O)[O-]. The van der Waals surface area contributed by atoms with Crippen molar-refractivity contribution in [2.24, 2.45) is 0 Å². The molecule has 1 N–H and O–H groups in total. The molecule has 0 radical (unpaired) electrons. The van der Waals surface area contributed by atoms with Gasteiger partial charge in [0.2, 0.25) is 15.9 Å². The van der Waals surface area contributed by atoms with E-state index in [2.05, 4.69) is 5.32 Å². The molecule has 3 aromatic rings. The minimum Gasteiger partial charge on any atom is -0.325 e. The lowest BCUT2D eigenvalue weighted by Gasteiger charge is -2.17. The van der Waals surface area contributed by atoms with Crippen LogP contribution < -0.4 is 5.32 Å². The molecule has 150 valence electrons. The largest absolute Gasteiger partial charge is 0.325 e. The van der Waals surface area contributed by atoms with Crippen LogP contribution in [0.2, 0.25) is 0 Å². The van der Waals surface area contributed by atoms with E-state index in [-0.39, 0.29) is 16.3 Å². The fourth-order valence-corrected chi connectivity index (χ4v) is 4.04. The van der Waals surface area contributed by atoms with Gasteiger partial charge in [0.25, 0.3) is 5.69 Å². The van der Waals surface area contributed by atoms with E-state index in [0.717, 1.165) is 15.1 Å². The lowest BCUT2D eigenvalue weighted by Crippen LogP contribution is -2.35. The topological polar surface area (TPSA) is 110 Å². The Morgan fingerprint density at radius 2 is 1.76 bits per heavy atom. The summed E-state index contributed by atoms with van der Waals surface area (Å²) in [4.78, 5) is 22.9. The number of nitro groups is 1. The van der Waals surface area contributed by atoms with E-state index in [1.54, 1.807) is 19.1 Å². The first-order chi connectivity index (χ1) is 13.7. The molecule has 0 unspecified atom stereocenters. The summed E-state index contributed by atoms with van der Waals surface area (Å²) in [6.07, 6.45) is 0. The maximum absolute atomic E-state index is 12.8. The molecule has 3 aromatic carbocycles. The first-order valence-corrected chi connectivity index (χ1v) is 10.1. The molecule has 0 heterocycles. The molecule has 9 heteroatoms. The van der Waals surface area contributed by atoms with Crippen LogP contribution in [-0.2, 0) is 14.8 Å². The Morgan fingerprint density at radius 1 is 1.07 bits per heavy atom. The number of likely N-dealkylation sites (N-methyl/N-ethyl adjacent to an activating group) is 1. The molecule has 0 aliphatic rings. The zero-order chi connectivity index (χ0) is 21.2. The molecule has 3 rings (SSSR count). The normalized spacial score (nSPS) is 11.6. The fourth-order valence-electron chi connectivity index (χ4n) is 2.88. The maximum Gasteiger partial charge on any atom is 0.274 e. The van der Waals surface area contributed by atoms with Crippen LogP contribution in [0.1, 0.15) is 5.56 Å². The highest BCUT2D eigenvalue weighted by Gasteiger charge is 2.23. The van der Waals surface area contributed by atoms with Gasteiger partial charge in [0, 0.05) is 24.4 Å². The quantitative estimate of drug-likeness (QED) is 0.492. The van der Waals surface area contributed by atoms with Crippen LogP contribution in [0.3, 0.4) is 0 Å². The Labute approximate surface area is 168 Å². The Hall–Kier alpha value is -3.30. The van der Waals surface area contributed by atoms with Crippen molar-refractivity contribution in [2.45, 2.75) is 11.8 Å². The molecular formula is C20H19N3O5S. The number of hydrogen-bond acceptors (Lipinski definition) is 5. The van der Waals surface area contributed by atoms with E-state index in [9.17, 15) is 23.3 Å². The molecule has 0 bridgehead atoms. The molecule has 1 amide bonds. The lowest BCUT2D eigenvalue weighted by atomic mass is 10.1. The molecule has 0 aromatic heterocycles. The van der Waals surface area contributed by atoms with Crippen LogP contribution in [0.4, 0.5) is 11.4 Å². The van der Waals surface area contributed by atoms with Gasteiger partial charge >= 0.3 is 0 Å². The minimum atomic E-state index is -3.88. The lowest BCUT2D eigenvalue weighted by molar-refractivity contribution is -0.385. The number of anilines is 1. The van der Waals surface area contributed by atoms with Crippen LogP contribution >= 0.6 is 0 Å². The van der Waals surface area contributed by atoms with E-state index >= 15 is 0 Å². The second kappa shape index (κ2) is 7.98. The van der Waals surface area contributed by atoms with E-state index in [4.69, 9.17) is 0 Å². The van der Waals surface area contributed by atoms with Crippen molar-refractivity contribution in [3.63, 3.8) is 0 Å². The van der Waals surface area contributed by atoms with Gasteiger partial charge in [0.1, 0.15) is 0 Å². The van der Waals surface area contributed by atoms with Crippen LogP contribution in [0.15, 0.2) is 65.6 Å². The fraction of sp³-hybridized carbons (Fsp3) is 0.150. The summed E-state index contributed by atoms with van der Waals surface area (Å²) < 4.78 is 26.6. The smallest absolute Gasteiger partial charge is 0.274 e. The zero-order valence-corrected chi connectivity index (χ0v) is 16.6. The number of amides is 1. The zero-order valence-electron chi connectivity index (χ0n) is 15.8. The van der Waals surface area contributed by atoms with Gasteiger partial charge in [-0.1, -0.05) is 36.4 Å². The van der Waals surface area contributed by atoms with Gasteiger partial charge in [-0.3, -0.25) is 14.9 Å². The summed E-state index contributed by atoms with van der Waals surface area (Å²) in [7, 11) is -2.57. The van der Waals surface area contributed by atoms with Crippen LogP contribution in [0, 0.1) is 17.0 Å². The molecule has 0 aliphatic heterocycles. The van der Waals surface area contributed by atoms with Crippen molar-refractivity contribution in [3.05, 3.63) is 76.3 Å². The van der Waals surface area contributed by atoms with Gasteiger partial charge in [-0.15, -0.1) is 0 Å². The third-order valence-electron chi connectivity index (χ3n) is 4.48. The van der Waals surface area contributed by atoms with Gasteiger partial charge in [-0.2, -0.15) is 4.31 Å². The average Bonchev–Trinajstić information content (AvgIpc) is 2.68. The summed E-state index contributed by atoms with van der Waals surface area (Å²) in [5.41, 5.74) is 0.563. The molecule has 0 saturated heterocycles. The molecule has 0 spiro atoms. The highest BCUT2D eigenvalue weighted by Crippen LogP contribution is 2.23. The maximum atomic E-state index is 12.8. The molecule has 29 heavy (non-hydrogen) atoms. The molecule has 0 saturated carbocycles. The van der Waals surface area contributed by atoms with Crippen LogP contribution in [0.5, 0.6) is 0 Å². The van der Waals surface area contributed by atoms with Crippen molar-refractivity contribution in [1.29, 1.82) is 0 Å². The van der Waals surface area contributed by atoms with Crippen molar-refractivity contribution < 1.29 is 18.1 Å². The number of nitro benzene ring substituents is 1. The third-order valence-corrected chi connectivity index (χ3v) is 6.28. The summed E-state index contributed by atoms with van der Waals surface area (Å²) in [6.45, 7) is 1.16. The Bertz CT molecular complexity index is 1210. The van der Waals surface area contributed by atoms with Gasteiger partial charge < -0.3 is 5.32 Å². The minimum absolute atomic E-state index is 0.0810. The number of benzene rings is 3. The second-order valence-electron chi connectivity index (χ2n) is 6.58. The summed E-state index contributed by atoms with van der Waals surface area (Å²) in [5.74, 6) is -0.602. The van der Waals surface area contributed by atoms with Crippen molar-refractivity contribution in [2.75, 3.05) is 18.9 Å². The van der Waals surface area contributed by atoms with E-state index in [0.29, 0.717) is 5.56 Å². The van der Waals surface area contributed by atoms with Crippen molar-refractivity contribution in [1.82, 2.24) is 4.31 Å². The summed E-state index contributed by atoms with van der Waals surface area (Å²) >= 11 is 0. The molecule has 0 aliphatic carbocycles. The Morgan fingerprint density at radius 3 is 2.45 bits per heavy atom. The van der Waals surface area contributed by atoms with Crippen molar-refractivity contribution in [3.8, 4) is 0 Å². The van der Waals surface area contributed by atoms with Crippen LogP contribution in [0.25, 0.3) is 10.8 Å². The molecular weight excluding hydrogens is 394 g/mol. The monoisotopic (exact) mass is 413 g/mol. The highest BCUT2D eigenvalue weighted by atomic mass is 32.2. The number of nitrogens with one attached hydrogen (secondary N) is 1. The van der Waals surface area contributed by atoms with Gasteiger partial charge in [0.05, 0.1) is 16.4 Å². The predicted octanol–water partition coefficient (Wildman–Crippen LogP) is 3.32. The van der Waals surface area contributed by atoms with Gasteiger partial charge in [-0.25, -0.2) is 8.42 Å². The average molecular weight is 413 g/mol. The number of aryl methyl sites for hydroxylation is 1. The number of carbonyl (C=O) groups excluding carboxylic acids is 1. The standard InChI is InChI=1S/C20H19N3O5S/c1-14-7-9-17(12-19(14)23(25)26)21-20(24)13-22(2)29(27,28)18-10-8-15-5-3-4-6-16(15)11-18/h3-12H,13H2,1-2H3,(H,21,24). The second-order valence-corrected chi connectivity index (χ2v) is 8.62. The highest BCUT2D eigenvalue weighted by molar-refractivity contribution is 7.89. The molecule has 8 nitrogen and oxygen atoms in total. The molecule has 0 fully saturated rings. The van der Waals surface area contributed by atoms with Crippen molar-refractivity contribution >= 4 is 38.1 Å². The summed E-state index contributed by atoms with van der Waals surface area (Å²) in [5, 5.41) is 15.2. The van der Waals surface area contributed by atoms with E-state index in [1.807, 2.05) is 24.3 Å². The first kappa shape index (κ1) is 20.4. The van der Waals surface area contributed by atoms with Gasteiger partial charge in [0.15, 0.2) is 0 Å². The number of fused-ring (bicyclic) bond motifs is 1. The Kier molecular flexibility index (Phi) is 5.62. The van der Waals surface area contributed by atoms with E-state index in [1.165, 1.54) is 31.3 Å². The number of nitrogens with zero attached hydrogens (tertiary/aromatic N) is 2. The first-order valence-electron chi connectivity index (χ1n) is 8.68. The summed E-state index contributed by atoms with van der Waals surface area (Å²) in [6, 6.07) is 16.4. The molecule has 0 atom stereocenters. The third kappa shape index (κ3) is 4.41. The van der Waals surface area contributed by atoms with Gasteiger partial charge in [-0.05, 0) is 35.9 Å². The predicted molar refractivity (Wildman–Crippen MR) is 110 cm³/mol. The number of hydrogen-bond donors (Lipinski definition) is 1. The number of sulfonamides is 1.